The summed E-state index contributed by atoms with van der Waals surface area (Å²) in [7, 11) is 2.18. The summed E-state index contributed by atoms with van der Waals surface area (Å²) >= 11 is 0. The molecule has 1 atom stereocenters. The molecule has 0 aromatic rings. The zero-order valence-electron chi connectivity index (χ0n) is 4.82. The molecule has 1 aliphatic rings. The molecule has 1 rings (SSSR count). The molecule has 1 saturated carbocycles. The summed E-state index contributed by atoms with van der Waals surface area (Å²) in [5, 5.41) is 0. The largest absolute Gasteiger partial charge is 0.0630 e. The van der Waals surface area contributed by atoms with Crippen LogP contribution in [0.4, 0.5) is 0 Å². The summed E-state index contributed by atoms with van der Waals surface area (Å²) in [4.78, 5) is 0. The Morgan fingerprint density at radius 2 is 1.57 bits per heavy atom. The first-order valence-electron chi connectivity index (χ1n) is 3.22. The average molecular weight is 117 g/mol. The monoisotopic (exact) mass is 117 g/mol. The van der Waals surface area contributed by atoms with Gasteiger partial charge in [0.2, 0.25) is 0 Å². The molecule has 42 valence electrons. The van der Waals surface area contributed by atoms with Gasteiger partial charge in [0.1, 0.15) is 0 Å². The minimum atomic E-state index is 1.06. The standard InChI is InChI=1S/C6H13P/c7-6-4-2-1-3-5-6/h6H,1-5,7H2/p+1. The second kappa shape index (κ2) is 2.67. The molecule has 0 amide bonds. The van der Waals surface area contributed by atoms with Crippen molar-refractivity contribution in [2.75, 3.05) is 0 Å². The average Bonchev–Trinajstić information content (AvgIpc) is 1.69. The molecule has 1 aliphatic carbocycles. The third-order valence-corrected chi connectivity index (χ3v) is 2.54. The summed E-state index contributed by atoms with van der Waals surface area (Å²) in [5.41, 5.74) is 1.06. The molecule has 0 radical (unpaired) electrons. The van der Waals surface area contributed by atoms with E-state index in [-0.39, 0.29) is 0 Å². The van der Waals surface area contributed by atoms with Crippen molar-refractivity contribution in [1.29, 1.82) is 0 Å². The lowest BCUT2D eigenvalue weighted by atomic mass is 10.0. The van der Waals surface area contributed by atoms with Gasteiger partial charge in [-0.2, -0.15) is 0 Å². The van der Waals surface area contributed by atoms with E-state index in [1.807, 2.05) is 0 Å². The van der Waals surface area contributed by atoms with Gasteiger partial charge in [0.15, 0.2) is 0 Å². The van der Waals surface area contributed by atoms with Gasteiger partial charge in [-0.05, 0) is 34.9 Å². The van der Waals surface area contributed by atoms with Crippen LogP contribution in [0.15, 0.2) is 0 Å². The predicted molar refractivity (Wildman–Crippen MR) is 38.0 cm³/mol. The normalized spacial score (nSPS) is 25.7. The minimum absolute atomic E-state index is 1.06. The van der Waals surface area contributed by atoms with Gasteiger partial charge >= 0.3 is 0 Å². The van der Waals surface area contributed by atoms with Crippen molar-refractivity contribution in [2.45, 2.75) is 37.8 Å². The fourth-order valence-electron chi connectivity index (χ4n) is 1.19. The molecule has 0 aliphatic heterocycles. The van der Waals surface area contributed by atoms with Gasteiger partial charge in [0.25, 0.3) is 0 Å². The quantitative estimate of drug-likeness (QED) is 0.425. The summed E-state index contributed by atoms with van der Waals surface area (Å²) in [6, 6.07) is 0. The van der Waals surface area contributed by atoms with Crippen LogP contribution >= 0.6 is 9.24 Å². The van der Waals surface area contributed by atoms with Gasteiger partial charge < -0.3 is 0 Å². The Morgan fingerprint density at radius 3 is 1.86 bits per heavy atom. The van der Waals surface area contributed by atoms with E-state index in [2.05, 4.69) is 9.24 Å². The highest BCUT2D eigenvalue weighted by Crippen LogP contribution is 2.23. The van der Waals surface area contributed by atoms with Crippen LogP contribution in [-0.2, 0) is 0 Å². The zero-order valence-corrected chi connectivity index (χ0v) is 6.23. The van der Waals surface area contributed by atoms with Crippen LogP contribution in [0.1, 0.15) is 32.1 Å². The van der Waals surface area contributed by atoms with Crippen molar-refractivity contribution in [3.05, 3.63) is 0 Å². The third-order valence-electron chi connectivity index (χ3n) is 1.72. The van der Waals surface area contributed by atoms with Crippen LogP contribution in [-0.4, -0.2) is 5.66 Å². The topological polar surface area (TPSA) is 0 Å². The molecule has 0 aromatic carbocycles. The Bertz CT molecular complexity index is 46.1. The van der Waals surface area contributed by atoms with Crippen LogP contribution in [0.3, 0.4) is 0 Å². The van der Waals surface area contributed by atoms with Gasteiger partial charge in [-0.3, -0.25) is 0 Å². The molecule has 0 heterocycles. The first-order valence-corrected chi connectivity index (χ1v) is 4.04. The highest BCUT2D eigenvalue weighted by molar-refractivity contribution is 7.17. The predicted octanol–water partition coefficient (Wildman–Crippen LogP) is 1.93. The molecule has 0 bridgehead atoms. The Labute approximate surface area is 47.9 Å². The second-order valence-electron chi connectivity index (χ2n) is 2.50. The van der Waals surface area contributed by atoms with E-state index in [9.17, 15) is 0 Å². The Balaban J connectivity index is 2.12. The van der Waals surface area contributed by atoms with Crippen molar-refractivity contribution in [2.24, 2.45) is 0 Å². The molecular formula is C6H14P+. The molecule has 1 fully saturated rings. The van der Waals surface area contributed by atoms with Gasteiger partial charge in [-0.25, -0.2) is 0 Å². The molecule has 0 spiro atoms. The Hall–Kier alpha value is 0.430. The van der Waals surface area contributed by atoms with Crippen LogP contribution < -0.4 is 0 Å². The Kier molecular flexibility index (Phi) is 2.12. The number of rotatable bonds is 0. The smallest absolute Gasteiger partial charge is 0.0530 e. The van der Waals surface area contributed by atoms with E-state index in [1.54, 1.807) is 0 Å². The van der Waals surface area contributed by atoms with Crippen LogP contribution in [0.5, 0.6) is 0 Å². The SMILES string of the molecule is [PH3+]C1CCCCC1. The molecule has 0 saturated heterocycles. The van der Waals surface area contributed by atoms with Gasteiger partial charge in [-0.1, -0.05) is 6.42 Å². The van der Waals surface area contributed by atoms with Crippen molar-refractivity contribution in [1.82, 2.24) is 0 Å². The maximum Gasteiger partial charge on any atom is 0.0630 e. The van der Waals surface area contributed by atoms with Crippen molar-refractivity contribution >= 4 is 9.24 Å². The van der Waals surface area contributed by atoms with Crippen molar-refractivity contribution < 1.29 is 0 Å². The highest BCUT2D eigenvalue weighted by Gasteiger charge is 2.10. The van der Waals surface area contributed by atoms with E-state index >= 15 is 0 Å². The maximum atomic E-state index is 2.18. The van der Waals surface area contributed by atoms with Gasteiger partial charge in [0, 0.05) is 0 Å². The van der Waals surface area contributed by atoms with Crippen molar-refractivity contribution in [3.8, 4) is 0 Å². The lowest BCUT2D eigenvalue weighted by Crippen LogP contribution is -2.02. The molecule has 0 nitrogen and oxygen atoms in total. The van der Waals surface area contributed by atoms with E-state index in [0.29, 0.717) is 0 Å². The summed E-state index contributed by atoms with van der Waals surface area (Å²) < 4.78 is 0. The summed E-state index contributed by atoms with van der Waals surface area (Å²) in [6.45, 7) is 0. The minimum Gasteiger partial charge on any atom is -0.0530 e. The van der Waals surface area contributed by atoms with E-state index in [4.69, 9.17) is 0 Å². The molecule has 0 aromatic heterocycles. The third kappa shape index (κ3) is 1.78. The first-order chi connectivity index (χ1) is 3.39. The maximum absolute atomic E-state index is 2.18. The molecule has 0 N–H and O–H groups in total. The molecule has 7 heavy (non-hydrogen) atoms. The van der Waals surface area contributed by atoms with E-state index in [1.165, 1.54) is 32.1 Å². The first kappa shape index (κ1) is 5.56. The van der Waals surface area contributed by atoms with Crippen LogP contribution in [0.25, 0.3) is 0 Å². The van der Waals surface area contributed by atoms with E-state index in [0.717, 1.165) is 5.66 Å². The summed E-state index contributed by atoms with van der Waals surface area (Å²) in [6.07, 6.45) is 7.48. The van der Waals surface area contributed by atoms with Gasteiger partial charge in [-0.15, -0.1) is 0 Å². The van der Waals surface area contributed by atoms with Crippen LogP contribution in [0.2, 0.25) is 0 Å². The number of hydrogen-bond donors (Lipinski definition) is 0. The highest BCUT2D eigenvalue weighted by atomic mass is 31.0. The lowest BCUT2D eigenvalue weighted by Gasteiger charge is -2.11. The fourth-order valence-corrected chi connectivity index (χ4v) is 1.76. The zero-order chi connectivity index (χ0) is 5.11. The molecule has 1 heteroatoms. The summed E-state index contributed by atoms with van der Waals surface area (Å²) in [5.74, 6) is 0. The number of hydrogen-bond acceptors (Lipinski definition) is 0. The van der Waals surface area contributed by atoms with Crippen LogP contribution in [0, 0.1) is 0 Å². The molecular weight excluding hydrogens is 103 g/mol. The molecule has 1 unspecified atom stereocenters. The van der Waals surface area contributed by atoms with Gasteiger partial charge in [0.05, 0.1) is 5.66 Å². The fraction of sp³-hybridized carbons (Fsp3) is 1.00. The van der Waals surface area contributed by atoms with E-state index < -0.39 is 0 Å². The lowest BCUT2D eigenvalue weighted by molar-refractivity contribution is 0.516. The second-order valence-corrected chi connectivity index (χ2v) is 3.66. The Morgan fingerprint density at radius 1 is 1.00 bits per heavy atom. The van der Waals surface area contributed by atoms with Crippen molar-refractivity contribution in [3.63, 3.8) is 0 Å².